The number of rotatable bonds is 6. The number of benzene rings is 1. The van der Waals surface area contributed by atoms with Crippen molar-refractivity contribution in [2.75, 3.05) is 41.0 Å². The molecule has 1 atom stereocenters. The number of hydrogen-bond acceptors (Lipinski definition) is 4. The molecule has 6 heteroatoms. The molecule has 0 amide bonds. The Morgan fingerprint density at radius 2 is 1.96 bits per heavy atom. The highest BCUT2D eigenvalue weighted by atomic mass is 16.5. The monoisotopic (exact) mass is 349 g/mol. The van der Waals surface area contributed by atoms with E-state index in [9.17, 15) is 0 Å². The zero-order chi connectivity index (χ0) is 18.2. The van der Waals surface area contributed by atoms with Crippen molar-refractivity contribution in [1.29, 1.82) is 0 Å². The summed E-state index contributed by atoms with van der Waals surface area (Å²) in [4.78, 5) is 6.77. The molecule has 1 aromatic rings. The van der Waals surface area contributed by atoms with E-state index in [0.717, 1.165) is 24.6 Å². The van der Waals surface area contributed by atoms with E-state index in [0.29, 0.717) is 36.3 Å². The molecule has 0 spiro atoms. The predicted molar refractivity (Wildman–Crippen MR) is 101 cm³/mol. The van der Waals surface area contributed by atoms with E-state index in [4.69, 9.17) is 14.2 Å². The summed E-state index contributed by atoms with van der Waals surface area (Å²) < 4.78 is 16.6. The number of likely N-dealkylation sites (tertiary alicyclic amines) is 1. The molecule has 1 aliphatic rings. The van der Waals surface area contributed by atoms with Gasteiger partial charge in [0, 0.05) is 26.7 Å². The second kappa shape index (κ2) is 9.39. The van der Waals surface area contributed by atoms with Crippen LogP contribution in [0.5, 0.6) is 17.2 Å². The Hall–Kier alpha value is -2.11. The molecule has 2 rings (SSSR count). The number of nitrogens with one attached hydrogen (secondary N) is 1. The van der Waals surface area contributed by atoms with Crippen molar-refractivity contribution < 1.29 is 14.2 Å². The molecule has 0 aromatic heterocycles. The minimum atomic E-state index is 0.560. The van der Waals surface area contributed by atoms with Gasteiger partial charge in [0.2, 0.25) is 5.75 Å². The summed E-state index contributed by atoms with van der Waals surface area (Å²) in [5.74, 6) is 3.65. The molecular weight excluding hydrogens is 318 g/mol. The van der Waals surface area contributed by atoms with Crippen molar-refractivity contribution in [3.63, 3.8) is 0 Å². The summed E-state index contributed by atoms with van der Waals surface area (Å²) in [6.45, 7) is 7.55. The van der Waals surface area contributed by atoms with Gasteiger partial charge >= 0.3 is 0 Å². The molecule has 0 bridgehead atoms. The Labute approximate surface area is 151 Å². The van der Waals surface area contributed by atoms with Gasteiger partial charge in [-0.15, -0.1) is 0 Å². The van der Waals surface area contributed by atoms with Gasteiger partial charge in [0.05, 0.1) is 20.8 Å². The number of piperidine rings is 1. The standard InChI is InChI=1S/C19H31N3O3/c1-6-25-18-16(23-4)10-15(11-17(18)24-5)12-21-19(20-3)22-9-7-8-14(2)13-22/h10-11,14H,6-9,12-13H2,1-5H3,(H,20,21). The summed E-state index contributed by atoms with van der Waals surface area (Å²) in [7, 11) is 5.12. The van der Waals surface area contributed by atoms with Crippen LogP contribution >= 0.6 is 0 Å². The van der Waals surface area contributed by atoms with Gasteiger partial charge in [0.15, 0.2) is 17.5 Å². The highest BCUT2D eigenvalue weighted by Crippen LogP contribution is 2.38. The second-order valence-corrected chi connectivity index (χ2v) is 6.36. The maximum atomic E-state index is 5.66. The summed E-state index contributed by atoms with van der Waals surface area (Å²) >= 11 is 0. The molecule has 140 valence electrons. The molecule has 1 unspecified atom stereocenters. The lowest BCUT2D eigenvalue weighted by Crippen LogP contribution is -2.45. The fourth-order valence-electron chi connectivity index (χ4n) is 3.22. The van der Waals surface area contributed by atoms with Gasteiger partial charge < -0.3 is 24.4 Å². The van der Waals surface area contributed by atoms with Gasteiger partial charge in [-0.3, -0.25) is 4.99 Å². The summed E-state index contributed by atoms with van der Waals surface area (Å²) in [6.07, 6.45) is 2.51. The zero-order valence-electron chi connectivity index (χ0n) is 16.1. The SMILES string of the molecule is CCOc1c(OC)cc(CNC(=NC)N2CCCC(C)C2)cc1OC. The molecule has 0 aliphatic carbocycles. The van der Waals surface area contributed by atoms with Crippen LogP contribution in [0, 0.1) is 5.92 Å². The van der Waals surface area contributed by atoms with E-state index in [1.807, 2.05) is 26.1 Å². The number of guanidine groups is 1. The molecule has 1 heterocycles. The van der Waals surface area contributed by atoms with Gasteiger partial charge in [-0.05, 0) is 43.4 Å². The van der Waals surface area contributed by atoms with E-state index in [1.54, 1.807) is 14.2 Å². The second-order valence-electron chi connectivity index (χ2n) is 6.36. The first-order chi connectivity index (χ1) is 12.1. The molecule has 6 nitrogen and oxygen atoms in total. The van der Waals surface area contributed by atoms with Gasteiger partial charge in [0.25, 0.3) is 0 Å². The average molecular weight is 349 g/mol. The third kappa shape index (κ3) is 4.94. The van der Waals surface area contributed by atoms with Crippen LogP contribution in [0.15, 0.2) is 17.1 Å². The molecule has 1 N–H and O–H groups in total. The number of hydrogen-bond donors (Lipinski definition) is 1. The first-order valence-corrected chi connectivity index (χ1v) is 8.96. The van der Waals surface area contributed by atoms with Crippen molar-refractivity contribution in [2.45, 2.75) is 33.2 Å². The smallest absolute Gasteiger partial charge is 0.203 e. The predicted octanol–water partition coefficient (Wildman–Crippen LogP) is 2.91. The lowest BCUT2D eigenvalue weighted by molar-refractivity contribution is 0.266. The Kier molecular flexibility index (Phi) is 7.22. The summed E-state index contributed by atoms with van der Waals surface area (Å²) in [6, 6.07) is 3.96. The van der Waals surface area contributed by atoms with Crippen molar-refractivity contribution in [3.8, 4) is 17.2 Å². The fourth-order valence-corrected chi connectivity index (χ4v) is 3.22. The fraction of sp³-hybridized carbons (Fsp3) is 0.632. The van der Waals surface area contributed by atoms with Gasteiger partial charge in [-0.1, -0.05) is 6.92 Å². The van der Waals surface area contributed by atoms with E-state index < -0.39 is 0 Å². The topological polar surface area (TPSA) is 55.3 Å². The third-order valence-corrected chi connectivity index (χ3v) is 4.43. The number of nitrogens with zero attached hydrogens (tertiary/aromatic N) is 2. The number of ether oxygens (including phenoxy) is 3. The minimum Gasteiger partial charge on any atom is -0.493 e. The molecule has 0 radical (unpaired) electrons. The average Bonchev–Trinajstić information content (AvgIpc) is 2.63. The Morgan fingerprint density at radius 3 is 2.48 bits per heavy atom. The Bertz CT molecular complexity index is 564. The Morgan fingerprint density at radius 1 is 1.28 bits per heavy atom. The molecule has 1 saturated heterocycles. The number of aliphatic imine (C=N–C) groups is 1. The van der Waals surface area contributed by atoms with Crippen molar-refractivity contribution in [1.82, 2.24) is 10.2 Å². The lowest BCUT2D eigenvalue weighted by Gasteiger charge is -2.33. The van der Waals surface area contributed by atoms with Crippen LogP contribution in [-0.2, 0) is 6.54 Å². The highest BCUT2D eigenvalue weighted by molar-refractivity contribution is 5.80. The molecule has 0 saturated carbocycles. The maximum absolute atomic E-state index is 5.66. The van der Waals surface area contributed by atoms with Crippen LogP contribution in [0.3, 0.4) is 0 Å². The summed E-state index contributed by atoms with van der Waals surface area (Å²) in [5, 5.41) is 3.45. The van der Waals surface area contributed by atoms with Gasteiger partial charge in [-0.25, -0.2) is 0 Å². The van der Waals surface area contributed by atoms with Crippen LogP contribution in [-0.4, -0.2) is 51.8 Å². The van der Waals surface area contributed by atoms with Crippen molar-refractivity contribution >= 4 is 5.96 Å². The normalized spacial score (nSPS) is 18.0. The molecule has 25 heavy (non-hydrogen) atoms. The molecule has 1 aliphatic heterocycles. The van der Waals surface area contributed by atoms with Crippen LogP contribution in [0.1, 0.15) is 32.3 Å². The molecule has 1 aromatic carbocycles. The van der Waals surface area contributed by atoms with Crippen LogP contribution in [0.2, 0.25) is 0 Å². The Balaban J connectivity index is 2.11. The minimum absolute atomic E-state index is 0.560. The maximum Gasteiger partial charge on any atom is 0.203 e. The quantitative estimate of drug-likeness (QED) is 0.632. The first-order valence-electron chi connectivity index (χ1n) is 8.96. The van der Waals surface area contributed by atoms with E-state index >= 15 is 0 Å². The number of methoxy groups -OCH3 is 2. The zero-order valence-corrected chi connectivity index (χ0v) is 16.1. The lowest BCUT2D eigenvalue weighted by atomic mass is 10.0. The van der Waals surface area contributed by atoms with Crippen LogP contribution in [0.25, 0.3) is 0 Å². The van der Waals surface area contributed by atoms with Gasteiger partial charge in [-0.2, -0.15) is 0 Å². The van der Waals surface area contributed by atoms with Crippen LogP contribution in [0.4, 0.5) is 0 Å². The van der Waals surface area contributed by atoms with Gasteiger partial charge in [0.1, 0.15) is 0 Å². The van der Waals surface area contributed by atoms with E-state index in [-0.39, 0.29) is 0 Å². The van der Waals surface area contributed by atoms with Crippen LogP contribution < -0.4 is 19.5 Å². The van der Waals surface area contributed by atoms with E-state index in [2.05, 4.69) is 22.1 Å². The largest absolute Gasteiger partial charge is 0.493 e. The molecular formula is C19H31N3O3. The highest BCUT2D eigenvalue weighted by Gasteiger charge is 2.19. The van der Waals surface area contributed by atoms with Crippen molar-refractivity contribution in [3.05, 3.63) is 17.7 Å². The summed E-state index contributed by atoms with van der Waals surface area (Å²) in [5.41, 5.74) is 1.06. The first kappa shape index (κ1) is 19.2. The van der Waals surface area contributed by atoms with E-state index in [1.165, 1.54) is 12.8 Å². The third-order valence-electron chi connectivity index (χ3n) is 4.43. The molecule has 1 fully saturated rings. The van der Waals surface area contributed by atoms with Crippen molar-refractivity contribution in [2.24, 2.45) is 10.9 Å².